The van der Waals surface area contributed by atoms with E-state index in [-0.39, 0.29) is 17.9 Å². The van der Waals surface area contributed by atoms with Crippen molar-refractivity contribution in [1.82, 2.24) is 9.55 Å². The molecule has 1 aliphatic rings. The Morgan fingerprint density at radius 2 is 1.97 bits per heavy atom. The highest BCUT2D eigenvalue weighted by Crippen LogP contribution is 2.47. The first-order valence-corrected chi connectivity index (χ1v) is 12.9. The predicted molar refractivity (Wildman–Crippen MR) is 136 cm³/mol. The Morgan fingerprint density at radius 1 is 1.24 bits per heavy atom. The lowest BCUT2D eigenvalue weighted by molar-refractivity contribution is 0.0552. The molecule has 4 aromatic rings. The lowest BCUT2D eigenvalue weighted by atomic mass is 9.86. The molecule has 4 heterocycles. The molecule has 1 fully saturated rings. The van der Waals surface area contributed by atoms with Gasteiger partial charge in [-0.25, -0.2) is 4.79 Å². The maximum absolute atomic E-state index is 12.8. The number of fused-ring (bicyclic) bond motifs is 3. The predicted octanol–water partition coefficient (Wildman–Crippen LogP) is 6.94. The number of hydrogen-bond acceptors (Lipinski definition) is 5. The summed E-state index contributed by atoms with van der Waals surface area (Å²) in [5, 5.41) is 0. The van der Waals surface area contributed by atoms with E-state index in [0.717, 1.165) is 57.3 Å². The average molecular weight is 527 g/mol. The van der Waals surface area contributed by atoms with Gasteiger partial charge in [0, 0.05) is 29.4 Å². The molecule has 172 valence electrons. The van der Waals surface area contributed by atoms with Crippen LogP contribution in [0.3, 0.4) is 0 Å². The van der Waals surface area contributed by atoms with Gasteiger partial charge in [-0.2, -0.15) is 0 Å². The molecule has 0 aliphatic carbocycles. The van der Waals surface area contributed by atoms with Crippen molar-refractivity contribution in [3.63, 3.8) is 0 Å². The Balaban J connectivity index is 1.90. The number of ether oxygens (including phenoxy) is 2. The van der Waals surface area contributed by atoms with Gasteiger partial charge in [-0.1, -0.05) is 44.2 Å². The van der Waals surface area contributed by atoms with Gasteiger partial charge in [0.2, 0.25) is 0 Å². The van der Waals surface area contributed by atoms with Gasteiger partial charge in [0.1, 0.15) is 10.4 Å². The molecule has 0 bridgehead atoms. The van der Waals surface area contributed by atoms with E-state index >= 15 is 0 Å². The fraction of sp³-hybridized carbons (Fsp3) is 0.385. The Hall–Kier alpha value is -2.22. The molecule has 0 radical (unpaired) electrons. The summed E-state index contributed by atoms with van der Waals surface area (Å²) < 4.78 is 15.3. The zero-order valence-electron chi connectivity index (χ0n) is 19.0. The summed E-state index contributed by atoms with van der Waals surface area (Å²) in [7, 11) is 1.45. The van der Waals surface area contributed by atoms with Crippen LogP contribution < -0.4 is 0 Å². The molecule has 5 rings (SSSR count). The molecule has 0 unspecified atom stereocenters. The number of pyridine rings is 1. The van der Waals surface area contributed by atoms with Crippen LogP contribution in [-0.4, -0.2) is 35.8 Å². The standard InChI is InChI=1S/C26H27BrN2O3S/c1-15(2)20-23-25(33-24(20)26(30)31-3)21-19(13-18(27)14-28-21)29(23)22(16-7-5-4-6-8-16)17-9-11-32-12-10-17/h4-8,13-15,17,22H,9-12H2,1-3H3/t22-/m1/s1. The van der Waals surface area contributed by atoms with Crippen molar-refractivity contribution in [3.8, 4) is 0 Å². The summed E-state index contributed by atoms with van der Waals surface area (Å²) in [5.41, 5.74) is 5.44. The summed E-state index contributed by atoms with van der Waals surface area (Å²) in [4.78, 5) is 18.3. The van der Waals surface area contributed by atoms with Gasteiger partial charge in [0.25, 0.3) is 0 Å². The van der Waals surface area contributed by atoms with Crippen LogP contribution in [0.15, 0.2) is 47.1 Å². The number of halogens is 1. The minimum Gasteiger partial charge on any atom is -0.465 e. The third-order valence-electron chi connectivity index (χ3n) is 6.55. The Labute approximate surface area is 205 Å². The minimum absolute atomic E-state index is 0.115. The van der Waals surface area contributed by atoms with Crippen molar-refractivity contribution < 1.29 is 14.3 Å². The lowest BCUT2D eigenvalue weighted by Gasteiger charge is -2.33. The fourth-order valence-electron chi connectivity index (χ4n) is 5.13. The van der Waals surface area contributed by atoms with Gasteiger partial charge in [-0.05, 0) is 52.2 Å². The SMILES string of the molecule is COC(=O)c1sc2c3ncc(Br)cc3n([C@H](c3ccccc3)C3CCOCC3)c2c1C(C)C. The lowest BCUT2D eigenvalue weighted by Crippen LogP contribution is -2.27. The van der Waals surface area contributed by atoms with Gasteiger partial charge in [-0.3, -0.25) is 4.98 Å². The van der Waals surface area contributed by atoms with E-state index in [1.165, 1.54) is 24.0 Å². The molecule has 0 amide bonds. The van der Waals surface area contributed by atoms with Crippen molar-refractivity contribution in [2.24, 2.45) is 5.92 Å². The summed E-state index contributed by atoms with van der Waals surface area (Å²) in [6.45, 7) is 5.83. The molecule has 1 aliphatic heterocycles. The van der Waals surface area contributed by atoms with Crippen LogP contribution in [0, 0.1) is 5.92 Å². The number of carbonyl (C=O) groups excluding carboxylic acids is 1. The number of benzene rings is 1. The highest BCUT2D eigenvalue weighted by molar-refractivity contribution is 9.10. The highest BCUT2D eigenvalue weighted by Gasteiger charge is 2.34. The van der Waals surface area contributed by atoms with Gasteiger partial charge in [-0.15, -0.1) is 11.3 Å². The summed E-state index contributed by atoms with van der Waals surface area (Å²) in [5.74, 6) is 0.296. The fourth-order valence-corrected chi connectivity index (χ4v) is 6.82. The van der Waals surface area contributed by atoms with Gasteiger partial charge < -0.3 is 14.0 Å². The largest absolute Gasteiger partial charge is 0.465 e. The van der Waals surface area contributed by atoms with Crippen molar-refractivity contribution in [2.45, 2.75) is 38.6 Å². The second-order valence-electron chi connectivity index (χ2n) is 8.87. The molecular weight excluding hydrogens is 500 g/mol. The molecule has 7 heteroatoms. The number of methoxy groups -OCH3 is 1. The van der Waals surface area contributed by atoms with Crippen molar-refractivity contribution in [2.75, 3.05) is 20.3 Å². The van der Waals surface area contributed by atoms with Crippen LogP contribution in [0.2, 0.25) is 0 Å². The Morgan fingerprint density at radius 3 is 2.64 bits per heavy atom. The van der Waals surface area contributed by atoms with E-state index in [9.17, 15) is 4.79 Å². The average Bonchev–Trinajstić information content (AvgIpc) is 3.35. The molecule has 5 nitrogen and oxygen atoms in total. The molecular formula is C26H27BrN2O3S. The van der Waals surface area contributed by atoms with Crippen LogP contribution in [0.4, 0.5) is 0 Å². The van der Waals surface area contributed by atoms with E-state index < -0.39 is 0 Å². The van der Waals surface area contributed by atoms with Crippen molar-refractivity contribution in [3.05, 3.63) is 63.1 Å². The summed E-state index contributed by atoms with van der Waals surface area (Å²) in [6, 6.07) is 13.0. The molecule has 0 saturated carbocycles. The first-order valence-electron chi connectivity index (χ1n) is 11.3. The minimum atomic E-state index is -0.279. The zero-order valence-corrected chi connectivity index (χ0v) is 21.4. The number of hydrogen-bond donors (Lipinski definition) is 0. The van der Waals surface area contributed by atoms with Gasteiger partial charge in [0.15, 0.2) is 0 Å². The van der Waals surface area contributed by atoms with E-state index in [2.05, 4.69) is 70.7 Å². The van der Waals surface area contributed by atoms with Crippen molar-refractivity contribution in [1.29, 1.82) is 0 Å². The Kier molecular flexibility index (Phi) is 6.29. The van der Waals surface area contributed by atoms with Crippen molar-refractivity contribution >= 4 is 54.5 Å². The number of aromatic nitrogens is 2. The van der Waals surface area contributed by atoms with Crippen LogP contribution in [0.1, 0.15) is 59.4 Å². The third kappa shape index (κ3) is 3.90. The molecule has 1 saturated heterocycles. The maximum Gasteiger partial charge on any atom is 0.348 e. The highest BCUT2D eigenvalue weighted by atomic mass is 79.9. The molecule has 0 N–H and O–H groups in total. The van der Waals surface area contributed by atoms with Crippen LogP contribution in [0.5, 0.6) is 0 Å². The van der Waals surface area contributed by atoms with E-state index in [1.54, 1.807) is 0 Å². The smallest absolute Gasteiger partial charge is 0.348 e. The zero-order chi connectivity index (χ0) is 23.1. The van der Waals surface area contributed by atoms with E-state index in [0.29, 0.717) is 10.8 Å². The molecule has 1 atom stereocenters. The van der Waals surface area contributed by atoms with Crippen LogP contribution >= 0.6 is 27.3 Å². The molecule has 0 spiro atoms. The number of esters is 1. The second-order valence-corrected chi connectivity index (χ2v) is 10.8. The van der Waals surface area contributed by atoms with Crippen LogP contribution in [-0.2, 0) is 9.47 Å². The molecule has 3 aromatic heterocycles. The first-order chi connectivity index (χ1) is 16.0. The number of rotatable bonds is 5. The van der Waals surface area contributed by atoms with Crippen LogP contribution in [0.25, 0.3) is 21.3 Å². The summed E-state index contributed by atoms with van der Waals surface area (Å²) in [6.07, 6.45) is 3.82. The number of carbonyl (C=O) groups is 1. The summed E-state index contributed by atoms with van der Waals surface area (Å²) >= 11 is 5.15. The Bertz CT molecular complexity index is 1310. The quantitative estimate of drug-likeness (QED) is 0.264. The number of thiophene rings is 1. The normalized spacial score (nSPS) is 16.0. The monoisotopic (exact) mass is 526 g/mol. The van der Waals surface area contributed by atoms with Gasteiger partial charge >= 0.3 is 5.97 Å². The topological polar surface area (TPSA) is 53.3 Å². The number of nitrogens with zero attached hydrogens (tertiary/aromatic N) is 2. The third-order valence-corrected chi connectivity index (χ3v) is 8.16. The molecule has 1 aromatic carbocycles. The maximum atomic E-state index is 12.8. The van der Waals surface area contributed by atoms with E-state index in [4.69, 9.17) is 14.5 Å². The molecule has 33 heavy (non-hydrogen) atoms. The van der Waals surface area contributed by atoms with Gasteiger partial charge in [0.05, 0.1) is 28.9 Å². The second kappa shape index (κ2) is 9.20. The van der Waals surface area contributed by atoms with E-state index in [1.807, 2.05) is 6.20 Å². The first kappa shape index (κ1) is 22.6.